The van der Waals surface area contributed by atoms with Crippen LogP contribution in [0, 0.1) is 5.92 Å². The summed E-state index contributed by atoms with van der Waals surface area (Å²) in [6.45, 7) is 3.76. The molecular weight excluding hydrogens is 407 g/mol. The molecule has 2 atom stereocenters. The maximum Gasteiger partial charge on any atom is 0.392 e. The van der Waals surface area contributed by atoms with Gasteiger partial charge in [-0.05, 0) is 37.3 Å². The van der Waals surface area contributed by atoms with Gasteiger partial charge in [0.2, 0.25) is 5.91 Å². The van der Waals surface area contributed by atoms with E-state index >= 15 is 0 Å². The largest absolute Gasteiger partial charge is 0.392 e. The highest BCUT2D eigenvalue weighted by molar-refractivity contribution is 6.00. The molecule has 1 unspecified atom stereocenters. The van der Waals surface area contributed by atoms with Crippen molar-refractivity contribution in [3.8, 4) is 0 Å². The van der Waals surface area contributed by atoms with Crippen molar-refractivity contribution < 1.29 is 22.8 Å². The van der Waals surface area contributed by atoms with Gasteiger partial charge in [-0.3, -0.25) is 14.6 Å². The normalized spacial score (nSPS) is 17.8. The van der Waals surface area contributed by atoms with Crippen molar-refractivity contribution in [2.45, 2.75) is 51.6 Å². The Balaban J connectivity index is 2.00. The molecule has 0 aliphatic heterocycles. The van der Waals surface area contributed by atoms with E-state index in [0.29, 0.717) is 41.5 Å². The fourth-order valence-corrected chi connectivity index (χ4v) is 4.02. The van der Waals surface area contributed by atoms with Gasteiger partial charge in [-0.2, -0.15) is 13.2 Å². The lowest BCUT2D eigenvalue weighted by molar-refractivity contribution is -0.175. The number of para-hydroxylation sites is 1. The van der Waals surface area contributed by atoms with Gasteiger partial charge in [-0.15, -0.1) is 0 Å². The summed E-state index contributed by atoms with van der Waals surface area (Å²) < 4.78 is 39.1. The Labute approximate surface area is 178 Å². The van der Waals surface area contributed by atoms with Gasteiger partial charge in [0.15, 0.2) is 0 Å². The van der Waals surface area contributed by atoms with Crippen LogP contribution in [0.3, 0.4) is 0 Å². The Morgan fingerprint density at radius 3 is 2.65 bits per heavy atom. The number of carbonyl (C=O) groups excluding carboxylic acids is 2. The second-order valence-electron chi connectivity index (χ2n) is 8.08. The van der Waals surface area contributed by atoms with E-state index in [1.807, 2.05) is 19.1 Å². The molecular formula is C23H26F3N3O2. The predicted molar refractivity (Wildman–Crippen MR) is 113 cm³/mol. The molecule has 2 aromatic rings. The topological polar surface area (TPSA) is 85.1 Å². The van der Waals surface area contributed by atoms with E-state index < -0.39 is 18.0 Å². The lowest BCUT2D eigenvalue weighted by Crippen LogP contribution is -2.24. The van der Waals surface area contributed by atoms with Crippen LogP contribution < -0.4 is 11.1 Å². The molecule has 166 valence electrons. The molecule has 0 bridgehead atoms. The van der Waals surface area contributed by atoms with Crippen molar-refractivity contribution in [3.05, 3.63) is 47.2 Å². The van der Waals surface area contributed by atoms with Crippen LogP contribution in [0.15, 0.2) is 30.3 Å². The van der Waals surface area contributed by atoms with Crippen molar-refractivity contribution in [1.82, 2.24) is 10.3 Å². The molecule has 1 aliphatic rings. The fraction of sp³-hybridized carbons (Fsp3) is 0.435. The monoisotopic (exact) mass is 433 g/mol. The quantitative estimate of drug-likeness (QED) is 0.692. The van der Waals surface area contributed by atoms with Gasteiger partial charge < -0.3 is 11.1 Å². The standard InChI is InChI=1S/C23H26F3N3O2/c1-13(10-11-28-14(2)30)20-19(22(27)31)12-16-4-3-5-18(21(16)29-20)15-6-8-17(9-7-15)23(24,25)26/h3-6,12-13,17H,7-11H2,1-2H3,(H2,27,31)(H,28,30)/t13-,17?/m1/s1. The van der Waals surface area contributed by atoms with E-state index in [-0.39, 0.29) is 24.7 Å². The fourth-order valence-electron chi connectivity index (χ4n) is 4.02. The van der Waals surface area contributed by atoms with E-state index in [1.54, 1.807) is 18.2 Å². The zero-order chi connectivity index (χ0) is 22.8. The minimum absolute atomic E-state index is 0.0467. The van der Waals surface area contributed by atoms with Gasteiger partial charge in [0.05, 0.1) is 22.7 Å². The molecule has 0 spiro atoms. The molecule has 2 amide bonds. The number of fused-ring (bicyclic) bond motifs is 1. The van der Waals surface area contributed by atoms with Gasteiger partial charge >= 0.3 is 6.18 Å². The minimum atomic E-state index is -4.19. The first-order chi connectivity index (χ1) is 14.6. The summed E-state index contributed by atoms with van der Waals surface area (Å²) in [4.78, 5) is 28.0. The number of carbonyl (C=O) groups is 2. The highest BCUT2D eigenvalue weighted by Crippen LogP contribution is 2.40. The summed E-state index contributed by atoms with van der Waals surface area (Å²) in [6, 6.07) is 7.16. The number of hydrogen-bond donors (Lipinski definition) is 2. The maximum atomic E-state index is 13.0. The molecule has 0 saturated heterocycles. The number of hydrogen-bond acceptors (Lipinski definition) is 3. The van der Waals surface area contributed by atoms with Crippen molar-refractivity contribution >= 4 is 28.3 Å². The van der Waals surface area contributed by atoms with Crippen LogP contribution in [0.4, 0.5) is 13.2 Å². The Morgan fingerprint density at radius 2 is 2.06 bits per heavy atom. The number of pyridine rings is 1. The summed E-state index contributed by atoms with van der Waals surface area (Å²) in [5.74, 6) is -2.20. The number of rotatable bonds is 6. The third kappa shape index (κ3) is 5.24. The second kappa shape index (κ2) is 9.08. The Hall–Kier alpha value is -2.90. The lowest BCUT2D eigenvalue weighted by atomic mass is 9.85. The Kier molecular flexibility index (Phi) is 6.67. The van der Waals surface area contributed by atoms with Gasteiger partial charge in [0.1, 0.15) is 0 Å². The molecule has 1 aliphatic carbocycles. The number of benzene rings is 1. The number of nitrogens with one attached hydrogen (secondary N) is 1. The van der Waals surface area contributed by atoms with Crippen LogP contribution in [-0.2, 0) is 4.79 Å². The maximum absolute atomic E-state index is 13.0. The molecule has 1 aromatic carbocycles. The van der Waals surface area contributed by atoms with E-state index in [2.05, 4.69) is 5.32 Å². The molecule has 1 heterocycles. The Bertz CT molecular complexity index is 1030. The first-order valence-electron chi connectivity index (χ1n) is 10.3. The van der Waals surface area contributed by atoms with Gasteiger partial charge in [0.25, 0.3) is 5.91 Å². The summed E-state index contributed by atoms with van der Waals surface area (Å²) >= 11 is 0. The number of nitrogens with two attached hydrogens (primary N) is 1. The summed E-state index contributed by atoms with van der Waals surface area (Å²) in [5.41, 5.74) is 8.70. The van der Waals surface area contributed by atoms with Crippen molar-refractivity contribution in [1.29, 1.82) is 0 Å². The van der Waals surface area contributed by atoms with Gasteiger partial charge in [0, 0.05) is 30.3 Å². The van der Waals surface area contributed by atoms with E-state index in [0.717, 1.165) is 11.1 Å². The number of halogens is 3. The first-order valence-corrected chi connectivity index (χ1v) is 10.3. The number of alkyl halides is 3. The number of amides is 2. The van der Waals surface area contributed by atoms with Gasteiger partial charge in [-0.25, -0.2) is 0 Å². The summed E-state index contributed by atoms with van der Waals surface area (Å²) in [5, 5.41) is 3.44. The van der Waals surface area contributed by atoms with Crippen LogP contribution >= 0.6 is 0 Å². The molecule has 31 heavy (non-hydrogen) atoms. The van der Waals surface area contributed by atoms with Crippen LogP contribution in [0.5, 0.6) is 0 Å². The van der Waals surface area contributed by atoms with Crippen molar-refractivity contribution in [3.63, 3.8) is 0 Å². The van der Waals surface area contributed by atoms with Gasteiger partial charge in [-0.1, -0.05) is 31.2 Å². The van der Waals surface area contributed by atoms with Crippen LogP contribution in [0.2, 0.25) is 0 Å². The smallest absolute Gasteiger partial charge is 0.366 e. The average molecular weight is 433 g/mol. The molecule has 3 rings (SSSR count). The summed E-state index contributed by atoms with van der Waals surface area (Å²) in [6.07, 6.45) is -1.65. The van der Waals surface area contributed by atoms with Crippen LogP contribution in [0.25, 0.3) is 16.5 Å². The summed E-state index contributed by atoms with van der Waals surface area (Å²) in [7, 11) is 0. The zero-order valence-corrected chi connectivity index (χ0v) is 17.6. The second-order valence-corrected chi connectivity index (χ2v) is 8.08. The van der Waals surface area contributed by atoms with Crippen LogP contribution in [-0.4, -0.2) is 29.5 Å². The minimum Gasteiger partial charge on any atom is -0.366 e. The van der Waals surface area contributed by atoms with E-state index in [9.17, 15) is 22.8 Å². The molecule has 0 saturated carbocycles. The molecule has 5 nitrogen and oxygen atoms in total. The van der Waals surface area contributed by atoms with E-state index in [4.69, 9.17) is 10.7 Å². The third-order valence-corrected chi connectivity index (χ3v) is 5.78. The van der Waals surface area contributed by atoms with E-state index in [1.165, 1.54) is 6.92 Å². The number of aromatic nitrogens is 1. The number of primary amides is 1. The van der Waals surface area contributed by atoms with Crippen LogP contribution in [0.1, 0.15) is 67.1 Å². The predicted octanol–water partition coefficient (Wildman–Crippen LogP) is 4.71. The van der Waals surface area contributed by atoms with Crippen molar-refractivity contribution in [2.24, 2.45) is 11.7 Å². The molecule has 0 fully saturated rings. The molecule has 0 radical (unpaired) electrons. The van der Waals surface area contributed by atoms with Crippen molar-refractivity contribution in [2.75, 3.05) is 6.54 Å². The Morgan fingerprint density at radius 1 is 1.32 bits per heavy atom. The molecule has 1 aromatic heterocycles. The molecule has 8 heteroatoms. The third-order valence-electron chi connectivity index (χ3n) is 5.78. The average Bonchev–Trinajstić information content (AvgIpc) is 2.71. The molecule has 3 N–H and O–H groups in total. The SMILES string of the molecule is CC(=O)NCC[C@@H](C)c1nc2c(C3=CCC(C(F)(F)F)CC3)cccc2cc1C(N)=O. The zero-order valence-electron chi connectivity index (χ0n) is 17.6. The highest BCUT2D eigenvalue weighted by atomic mass is 19.4. The number of nitrogens with zero attached hydrogens (tertiary/aromatic N) is 1. The first kappa shape index (κ1) is 22.8. The lowest BCUT2D eigenvalue weighted by Gasteiger charge is -2.25. The number of allylic oxidation sites excluding steroid dienone is 2. The highest BCUT2D eigenvalue weighted by Gasteiger charge is 2.39.